The maximum absolute atomic E-state index is 5.79. The van der Waals surface area contributed by atoms with Crippen LogP contribution in [0.2, 0.25) is 0 Å². The molecule has 2 aromatic carbocycles. The van der Waals surface area contributed by atoms with Gasteiger partial charge < -0.3 is 24.8 Å². The Morgan fingerprint density at radius 2 is 1.42 bits per heavy atom. The van der Waals surface area contributed by atoms with E-state index in [-0.39, 0.29) is 24.8 Å². The Balaban J connectivity index is 0.00000312. The molecule has 0 N–H and O–H groups in total. The van der Waals surface area contributed by atoms with Gasteiger partial charge in [0.15, 0.2) is 0 Å². The molecule has 4 heteroatoms. The van der Waals surface area contributed by atoms with Crippen molar-refractivity contribution in [1.29, 1.82) is 0 Å². The fourth-order valence-electron chi connectivity index (χ4n) is 3.24. The maximum atomic E-state index is 5.79. The summed E-state index contributed by atoms with van der Waals surface area (Å²) in [5.74, 6) is 1.03. The molecule has 0 atom stereocenters. The summed E-state index contributed by atoms with van der Waals surface area (Å²) in [5, 5.41) is 0. The number of aryl methyl sites for hydroxylation is 2. The number of benzene rings is 2. The predicted octanol–water partition coefficient (Wildman–Crippen LogP) is 0.668. The molecule has 2 rings (SSSR count). The zero-order chi connectivity index (χ0) is 17.2. The van der Waals surface area contributed by atoms with E-state index in [1.165, 1.54) is 60.8 Å². The Morgan fingerprint density at radius 1 is 0.808 bits per heavy atom. The molecule has 0 unspecified atom stereocenters. The molecule has 0 fully saturated rings. The van der Waals surface area contributed by atoms with E-state index in [9.17, 15) is 0 Å². The summed E-state index contributed by atoms with van der Waals surface area (Å²) >= 11 is 1.80. The van der Waals surface area contributed by atoms with E-state index in [1.54, 1.807) is 20.8 Å². The fourth-order valence-corrected chi connectivity index (χ4v) is 3.49. The number of halogens is 2. The van der Waals surface area contributed by atoms with Crippen molar-refractivity contribution in [3.63, 3.8) is 0 Å². The average molecular weight is 428 g/mol. The number of rotatable bonds is 10. The van der Waals surface area contributed by atoms with E-state index >= 15 is 0 Å². The number of hydrogen-bond acceptors (Lipinski definition) is 1. The van der Waals surface area contributed by atoms with Crippen LogP contribution in [0.25, 0.3) is 11.1 Å². The van der Waals surface area contributed by atoms with Crippen LogP contribution in [0.3, 0.4) is 0 Å². The molecule has 0 spiro atoms. The van der Waals surface area contributed by atoms with Crippen molar-refractivity contribution in [3.05, 3.63) is 53.6 Å². The Labute approximate surface area is 184 Å². The van der Waals surface area contributed by atoms with Gasteiger partial charge in [0, 0.05) is 0 Å². The minimum absolute atomic E-state index is 0. The molecule has 2 aromatic rings. The van der Waals surface area contributed by atoms with Gasteiger partial charge in [0.05, 0.1) is 0 Å². The van der Waals surface area contributed by atoms with Gasteiger partial charge >= 0.3 is 160 Å². The molecule has 1 nitrogen and oxygen atoms in total. The maximum Gasteiger partial charge on any atom is -1.00 e. The van der Waals surface area contributed by atoms with Crippen molar-refractivity contribution >= 4 is 0 Å². The van der Waals surface area contributed by atoms with Crippen LogP contribution in [0.5, 0.6) is 5.75 Å². The first kappa shape index (κ1) is 25.5. The van der Waals surface area contributed by atoms with Gasteiger partial charge in [-0.15, -0.1) is 0 Å². The van der Waals surface area contributed by atoms with Gasteiger partial charge in [-0.1, -0.05) is 0 Å². The first-order chi connectivity index (χ1) is 11.8. The molecule has 0 saturated carbocycles. The summed E-state index contributed by atoms with van der Waals surface area (Å²) in [4.78, 5) is 0. The summed E-state index contributed by atoms with van der Waals surface area (Å²) in [6.07, 6.45) is 9.91. The van der Waals surface area contributed by atoms with Crippen LogP contribution in [0, 0.1) is 0 Å². The van der Waals surface area contributed by atoms with E-state index in [1.807, 2.05) is 0 Å². The molecular formula is C22H29Cl2OTi. The van der Waals surface area contributed by atoms with E-state index in [2.05, 4.69) is 56.3 Å². The smallest absolute Gasteiger partial charge is 1.00 e. The molecular weight excluding hydrogens is 399 g/mol. The summed E-state index contributed by atoms with van der Waals surface area (Å²) in [5.41, 5.74) is 5.42. The van der Waals surface area contributed by atoms with Gasteiger partial charge in [0.1, 0.15) is 0 Å². The minimum Gasteiger partial charge on any atom is -1.00 e. The predicted molar refractivity (Wildman–Crippen MR) is 99.0 cm³/mol. The number of hydrogen-bond donors (Lipinski definition) is 0. The van der Waals surface area contributed by atoms with Gasteiger partial charge in [-0.2, -0.15) is 0 Å². The second-order valence-electron chi connectivity index (χ2n) is 6.51. The van der Waals surface area contributed by atoms with Gasteiger partial charge in [-0.25, -0.2) is 0 Å². The second kappa shape index (κ2) is 14.6. The van der Waals surface area contributed by atoms with Gasteiger partial charge in [-0.05, 0) is 0 Å². The van der Waals surface area contributed by atoms with E-state index in [0.717, 1.165) is 18.6 Å². The molecule has 0 saturated heterocycles. The molecule has 0 aliphatic rings. The summed E-state index contributed by atoms with van der Waals surface area (Å²) in [7, 11) is 0. The molecule has 0 bridgehead atoms. The minimum atomic E-state index is 0. The van der Waals surface area contributed by atoms with Crippen LogP contribution in [0.1, 0.15) is 63.5 Å². The topological polar surface area (TPSA) is 9.23 Å². The van der Waals surface area contributed by atoms with Crippen molar-refractivity contribution in [2.45, 2.75) is 65.2 Å². The third-order valence-corrected chi connectivity index (χ3v) is 4.88. The van der Waals surface area contributed by atoms with E-state index < -0.39 is 0 Å². The Kier molecular flexibility index (Phi) is 14.3. The molecule has 0 radical (unpaired) electrons. The van der Waals surface area contributed by atoms with Crippen molar-refractivity contribution in [2.75, 3.05) is 0 Å². The molecule has 0 heterocycles. The van der Waals surface area contributed by atoms with Crippen molar-refractivity contribution in [1.82, 2.24) is 0 Å². The van der Waals surface area contributed by atoms with Crippen molar-refractivity contribution in [3.8, 4) is 16.9 Å². The van der Waals surface area contributed by atoms with Gasteiger partial charge in [-0.3, -0.25) is 0 Å². The van der Waals surface area contributed by atoms with Gasteiger partial charge in [0.25, 0.3) is 0 Å². The van der Waals surface area contributed by atoms with Crippen LogP contribution < -0.4 is 28.1 Å². The van der Waals surface area contributed by atoms with Crippen LogP contribution in [-0.2, 0) is 33.7 Å². The van der Waals surface area contributed by atoms with Gasteiger partial charge in [0.2, 0.25) is 0 Å². The summed E-state index contributed by atoms with van der Waals surface area (Å²) in [6.45, 7) is 4.52. The van der Waals surface area contributed by atoms with Crippen LogP contribution >= 0.6 is 0 Å². The average Bonchev–Trinajstić information content (AvgIpc) is 2.62. The molecule has 26 heavy (non-hydrogen) atoms. The molecule has 0 aliphatic carbocycles. The zero-order valence-corrected chi connectivity index (χ0v) is 18.9. The monoisotopic (exact) mass is 427 g/mol. The quantitative estimate of drug-likeness (QED) is 0.400. The number of unbranched alkanes of at least 4 members (excludes halogenated alkanes) is 4. The van der Waals surface area contributed by atoms with Crippen molar-refractivity contribution < 1.29 is 49.0 Å². The van der Waals surface area contributed by atoms with Crippen LogP contribution in [0.4, 0.5) is 0 Å². The Morgan fingerprint density at radius 3 is 2.00 bits per heavy atom. The summed E-state index contributed by atoms with van der Waals surface area (Å²) in [6, 6.07) is 15.4. The van der Waals surface area contributed by atoms with E-state index in [4.69, 9.17) is 3.32 Å². The third-order valence-electron chi connectivity index (χ3n) is 4.53. The summed E-state index contributed by atoms with van der Waals surface area (Å²) < 4.78 is 5.79. The van der Waals surface area contributed by atoms with E-state index in [0.29, 0.717) is 0 Å². The standard InChI is InChI=1S/C22H30O.2ClH.Ti/c1-3-5-8-12-18-16-20(15-9-6-4-2)22(21(23)17-18)19-13-10-7-11-14-19;;;/h7,10-11,13-14,16-17,23H,3-6,8-9,12,15H2,1-2H3;2*1H;/q;;;+3/p-3. The Bertz CT molecular complexity index is 617. The molecule has 0 aromatic heterocycles. The Hall–Kier alpha value is -0.466. The van der Waals surface area contributed by atoms with Crippen LogP contribution in [0.15, 0.2) is 42.5 Å². The fraction of sp³-hybridized carbons (Fsp3) is 0.455. The largest absolute Gasteiger partial charge is 1.00 e. The molecule has 0 amide bonds. The first-order valence-electron chi connectivity index (χ1n) is 9.34. The zero-order valence-electron chi connectivity index (χ0n) is 15.9. The SMILES string of the molecule is CCCCCc1cc(CCCCC)c(-c2ccccc2)c([O][Ti+2])c1.[Cl-].[Cl-]. The first-order valence-corrected chi connectivity index (χ1v) is 9.98. The van der Waals surface area contributed by atoms with Crippen molar-refractivity contribution in [2.24, 2.45) is 0 Å². The van der Waals surface area contributed by atoms with Crippen LogP contribution in [-0.4, -0.2) is 0 Å². The molecule has 0 aliphatic heterocycles. The normalized spacial score (nSPS) is 10.0. The molecule has 141 valence electrons. The third kappa shape index (κ3) is 7.65. The second-order valence-corrected chi connectivity index (χ2v) is 6.83.